The van der Waals surface area contributed by atoms with Crippen LogP contribution in [0.3, 0.4) is 0 Å². The second-order valence-corrected chi connectivity index (χ2v) is 8.85. The van der Waals surface area contributed by atoms with Crippen molar-refractivity contribution in [3.8, 4) is 5.75 Å². The highest BCUT2D eigenvalue weighted by molar-refractivity contribution is 8.04. The second kappa shape index (κ2) is 9.52. The van der Waals surface area contributed by atoms with Crippen molar-refractivity contribution in [2.45, 2.75) is 56.4 Å². The van der Waals surface area contributed by atoms with Crippen LogP contribution in [0.15, 0.2) is 64.4 Å². The molecule has 0 saturated heterocycles. The molecule has 156 valence electrons. The highest BCUT2D eigenvalue weighted by Crippen LogP contribution is 2.42. The van der Waals surface area contributed by atoms with Crippen LogP contribution in [-0.2, 0) is 9.59 Å². The van der Waals surface area contributed by atoms with Crippen LogP contribution in [0, 0.1) is 0 Å². The van der Waals surface area contributed by atoms with Crippen molar-refractivity contribution < 1.29 is 14.3 Å². The molecule has 0 spiro atoms. The van der Waals surface area contributed by atoms with Gasteiger partial charge >= 0.3 is 0 Å². The summed E-state index contributed by atoms with van der Waals surface area (Å²) in [5, 5.41) is 0. The summed E-state index contributed by atoms with van der Waals surface area (Å²) in [5.74, 6) is 0.467. The maximum Gasteiger partial charge on any atom is 0.268 e. The van der Waals surface area contributed by atoms with Crippen LogP contribution in [0.25, 0.3) is 5.57 Å². The molecule has 2 aromatic carbocycles. The molecular weight excluding hydrogens is 394 g/mol. The predicted octanol–water partition coefficient (Wildman–Crippen LogP) is 5.68. The van der Waals surface area contributed by atoms with Gasteiger partial charge in [-0.25, -0.2) is 0 Å². The van der Waals surface area contributed by atoms with E-state index in [0.29, 0.717) is 17.1 Å². The molecule has 4 nitrogen and oxygen atoms in total. The zero-order chi connectivity index (χ0) is 20.9. The summed E-state index contributed by atoms with van der Waals surface area (Å²) in [4.78, 5) is 29.9. The number of rotatable bonds is 7. The predicted molar refractivity (Wildman–Crippen MR) is 120 cm³/mol. The van der Waals surface area contributed by atoms with Crippen LogP contribution in [0.5, 0.6) is 5.75 Å². The molecule has 2 amide bonds. The van der Waals surface area contributed by atoms with Gasteiger partial charge in [0, 0.05) is 10.9 Å². The monoisotopic (exact) mass is 421 g/mol. The van der Waals surface area contributed by atoms with Gasteiger partial charge in [-0.05, 0) is 49.1 Å². The number of carbonyl (C=O) groups excluding carboxylic acids is 2. The largest absolute Gasteiger partial charge is 0.494 e. The molecule has 5 heteroatoms. The van der Waals surface area contributed by atoms with Crippen LogP contribution in [0.4, 0.5) is 0 Å². The van der Waals surface area contributed by atoms with E-state index in [1.807, 2.05) is 54.6 Å². The molecule has 0 unspecified atom stereocenters. The maximum absolute atomic E-state index is 13.5. The van der Waals surface area contributed by atoms with Crippen molar-refractivity contribution in [1.82, 2.24) is 4.90 Å². The SMILES string of the molecule is CCCOc1ccc(C2=C(Sc3ccccc3)C(=O)N(C3CCCCC3)C2=O)cc1. The summed E-state index contributed by atoms with van der Waals surface area (Å²) in [6, 6.07) is 17.3. The van der Waals surface area contributed by atoms with Gasteiger partial charge in [-0.2, -0.15) is 0 Å². The Morgan fingerprint density at radius 1 is 0.933 bits per heavy atom. The molecule has 0 N–H and O–H groups in total. The van der Waals surface area contributed by atoms with Crippen LogP contribution in [0.2, 0.25) is 0 Å². The number of amides is 2. The number of nitrogens with zero attached hydrogens (tertiary/aromatic N) is 1. The average Bonchev–Trinajstić information content (AvgIpc) is 3.03. The second-order valence-electron chi connectivity index (χ2n) is 7.76. The molecule has 1 saturated carbocycles. The molecule has 0 atom stereocenters. The molecule has 4 rings (SSSR count). The number of benzene rings is 2. The Balaban J connectivity index is 1.69. The van der Waals surface area contributed by atoms with E-state index in [9.17, 15) is 9.59 Å². The quantitative estimate of drug-likeness (QED) is 0.540. The van der Waals surface area contributed by atoms with Gasteiger partial charge in [0.25, 0.3) is 11.8 Å². The average molecular weight is 422 g/mol. The van der Waals surface area contributed by atoms with Gasteiger partial charge in [-0.3, -0.25) is 14.5 Å². The highest BCUT2D eigenvalue weighted by atomic mass is 32.2. The summed E-state index contributed by atoms with van der Waals surface area (Å²) >= 11 is 1.39. The Hall–Kier alpha value is -2.53. The first kappa shape index (κ1) is 20.7. The third-order valence-electron chi connectivity index (χ3n) is 5.59. The molecule has 2 aliphatic rings. The third kappa shape index (κ3) is 4.31. The van der Waals surface area contributed by atoms with E-state index < -0.39 is 0 Å². The van der Waals surface area contributed by atoms with Crippen molar-refractivity contribution in [1.29, 1.82) is 0 Å². The summed E-state index contributed by atoms with van der Waals surface area (Å²) in [5.41, 5.74) is 1.29. The van der Waals surface area contributed by atoms with Crippen LogP contribution in [0.1, 0.15) is 51.0 Å². The normalized spacial score (nSPS) is 17.7. The zero-order valence-corrected chi connectivity index (χ0v) is 18.1. The van der Waals surface area contributed by atoms with E-state index >= 15 is 0 Å². The smallest absolute Gasteiger partial charge is 0.268 e. The molecule has 1 heterocycles. The lowest BCUT2D eigenvalue weighted by Crippen LogP contribution is -2.42. The standard InChI is InChI=1S/C25H27NO3S/c1-2-17-29-20-15-13-18(14-16-20)22-23(30-21-11-7-4-8-12-21)25(28)26(24(22)27)19-9-5-3-6-10-19/h4,7-8,11-16,19H,2-3,5-6,9-10,17H2,1H3. The maximum atomic E-state index is 13.5. The molecule has 2 aromatic rings. The van der Waals surface area contributed by atoms with E-state index in [-0.39, 0.29) is 17.9 Å². The lowest BCUT2D eigenvalue weighted by atomic mass is 9.94. The molecular formula is C25H27NO3S. The van der Waals surface area contributed by atoms with Crippen molar-refractivity contribution in [3.05, 3.63) is 65.1 Å². The van der Waals surface area contributed by atoms with Gasteiger partial charge in [-0.15, -0.1) is 0 Å². The first-order valence-electron chi connectivity index (χ1n) is 10.8. The van der Waals surface area contributed by atoms with Crippen molar-refractivity contribution >= 4 is 29.1 Å². The fraction of sp³-hybridized carbons (Fsp3) is 0.360. The van der Waals surface area contributed by atoms with Crippen LogP contribution in [-0.4, -0.2) is 29.4 Å². The van der Waals surface area contributed by atoms with Gasteiger partial charge in [-0.1, -0.05) is 68.3 Å². The summed E-state index contributed by atoms with van der Waals surface area (Å²) in [7, 11) is 0. The molecule has 1 fully saturated rings. The minimum atomic E-state index is -0.160. The van der Waals surface area contributed by atoms with Gasteiger partial charge < -0.3 is 4.74 Å². The van der Waals surface area contributed by atoms with Crippen LogP contribution < -0.4 is 4.74 Å². The Bertz CT molecular complexity index is 931. The van der Waals surface area contributed by atoms with E-state index in [4.69, 9.17) is 4.74 Å². The number of thioether (sulfide) groups is 1. The lowest BCUT2D eigenvalue weighted by molar-refractivity contribution is -0.139. The molecule has 30 heavy (non-hydrogen) atoms. The van der Waals surface area contributed by atoms with E-state index in [0.717, 1.165) is 48.3 Å². The Morgan fingerprint density at radius 3 is 2.30 bits per heavy atom. The number of carbonyl (C=O) groups is 2. The Morgan fingerprint density at radius 2 is 1.63 bits per heavy atom. The molecule has 1 aliphatic heterocycles. The van der Waals surface area contributed by atoms with E-state index in [1.165, 1.54) is 23.1 Å². The fourth-order valence-electron chi connectivity index (χ4n) is 4.09. The van der Waals surface area contributed by atoms with Crippen molar-refractivity contribution in [2.24, 2.45) is 0 Å². The Kier molecular flexibility index (Phi) is 6.58. The Labute approximate surface area is 182 Å². The summed E-state index contributed by atoms with van der Waals surface area (Å²) in [6.45, 7) is 2.72. The van der Waals surface area contributed by atoms with Crippen LogP contribution >= 0.6 is 11.8 Å². The minimum absolute atomic E-state index is 0.00906. The summed E-state index contributed by atoms with van der Waals surface area (Å²) < 4.78 is 5.68. The number of hydrogen-bond donors (Lipinski definition) is 0. The topological polar surface area (TPSA) is 46.6 Å². The van der Waals surface area contributed by atoms with Gasteiger partial charge in [0.1, 0.15) is 5.75 Å². The molecule has 0 bridgehead atoms. The van der Waals surface area contributed by atoms with Gasteiger partial charge in [0.2, 0.25) is 0 Å². The molecule has 0 radical (unpaired) electrons. The highest BCUT2D eigenvalue weighted by Gasteiger charge is 2.43. The first-order chi connectivity index (χ1) is 14.7. The van der Waals surface area contributed by atoms with E-state index in [2.05, 4.69) is 6.92 Å². The molecule has 1 aliphatic carbocycles. The fourth-order valence-corrected chi connectivity index (χ4v) is 5.11. The number of hydrogen-bond acceptors (Lipinski definition) is 4. The van der Waals surface area contributed by atoms with Gasteiger partial charge in [0.05, 0.1) is 17.1 Å². The van der Waals surface area contributed by atoms with Gasteiger partial charge in [0.15, 0.2) is 0 Å². The van der Waals surface area contributed by atoms with Crippen molar-refractivity contribution in [3.63, 3.8) is 0 Å². The number of imide groups is 1. The lowest BCUT2D eigenvalue weighted by Gasteiger charge is -2.29. The van der Waals surface area contributed by atoms with Crippen molar-refractivity contribution in [2.75, 3.05) is 6.61 Å². The number of ether oxygens (including phenoxy) is 1. The van der Waals surface area contributed by atoms with E-state index in [1.54, 1.807) is 0 Å². The third-order valence-corrected chi connectivity index (χ3v) is 6.68. The zero-order valence-electron chi connectivity index (χ0n) is 17.3. The first-order valence-corrected chi connectivity index (χ1v) is 11.6. The minimum Gasteiger partial charge on any atom is -0.494 e. The summed E-state index contributed by atoms with van der Waals surface area (Å²) in [6.07, 6.45) is 6.06. The molecule has 0 aromatic heterocycles.